The molecule has 0 aliphatic heterocycles. The highest BCUT2D eigenvalue weighted by Crippen LogP contribution is 2.33. The molecule has 0 fully saturated rings. The van der Waals surface area contributed by atoms with Crippen molar-refractivity contribution in [3.8, 4) is 22.8 Å². The molecule has 140 valence electrons. The summed E-state index contributed by atoms with van der Waals surface area (Å²) in [6, 6.07) is 15.2. The molecule has 1 heterocycles. The number of pyridine rings is 1. The molecule has 0 N–H and O–H groups in total. The van der Waals surface area contributed by atoms with Gasteiger partial charge in [0.25, 0.3) is 5.91 Å². The summed E-state index contributed by atoms with van der Waals surface area (Å²) in [7, 11) is 3.21. The predicted octanol–water partition coefficient (Wildman–Crippen LogP) is 4.40. The van der Waals surface area contributed by atoms with Crippen LogP contribution in [-0.4, -0.2) is 43.1 Å². The molecule has 0 atom stereocenters. The van der Waals surface area contributed by atoms with E-state index in [1.807, 2.05) is 67.3 Å². The third-order valence-electron chi connectivity index (χ3n) is 4.68. The minimum atomic E-state index is 0.0142. The molecular weight excluding hydrogens is 340 g/mol. The maximum Gasteiger partial charge on any atom is 0.254 e. The SMILES string of the molecule is CCN(CC)C(=O)c1cc(-c2ccc(OC)c(OC)c2)nc2ccccc12. The molecule has 0 spiro atoms. The molecule has 0 aliphatic carbocycles. The van der Waals surface area contributed by atoms with Gasteiger partial charge in [0.2, 0.25) is 0 Å². The molecule has 0 bridgehead atoms. The van der Waals surface area contributed by atoms with Gasteiger partial charge in [-0.25, -0.2) is 4.98 Å². The number of carbonyl (C=O) groups excluding carboxylic acids is 1. The Hall–Kier alpha value is -3.08. The molecule has 0 saturated carbocycles. The molecule has 0 unspecified atom stereocenters. The molecule has 3 rings (SSSR count). The Morgan fingerprint density at radius 3 is 2.33 bits per heavy atom. The fraction of sp³-hybridized carbons (Fsp3) is 0.273. The van der Waals surface area contributed by atoms with Crippen molar-refractivity contribution >= 4 is 16.8 Å². The Morgan fingerprint density at radius 1 is 0.963 bits per heavy atom. The average Bonchev–Trinajstić information content (AvgIpc) is 2.73. The van der Waals surface area contributed by atoms with E-state index in [-0.39, 0.29) is 5.91 Å². The third-order valence-corrected chi connectivity index (χ3v) is 4.68. The second-order valence-corrected chi connectivity index (χ2v) is 6.12. The maximum absolute atomic E-state index is 13.1. The first-order valence-corrected chi connectivity index (χ1v) is 9.04. The summed E-state index contributed by atoms with van der Waals surface area (Å²) >= 11 is 0. The van der Waals surface area contributed by atoms with Gasteiger partial charge < -0.3 is 14.4 Å². The lowest BCUT2D eigenvalue weighted by Crippen LogP contribution is -2.30. The van der Waals surface area contributed by atoms with E-state index in [0.717, 1.165) is 22.2 Å². The van der Waals surface area contributed by atoms with Crippen LogP contribution in [0.5, 0.6) is 11.5 Å². The lowest BCUT2D eigenvalue weighted by molar-refractivity contribution is 0.0775. The summed E-state index contributed by atoms with van der Waals surface area (Å²) in [4.78, 5) is 19.7. The first-order chi connectivity index (χ1) is 13.1. The van der Waals surface area contributed by atoms with Gasteiger partial charge in [-0.2, -0.15) is 0 Å². The van der Waals surface area contributed by atoms with Crippen LogP contribution < -0.4 is 9.47 Å². The van der Waals surface area contributed by atoms with Crippen molar-refractivity contribution in [2.75, 3.05) is 27.3 Å². The largest absolute Gasteiger partial charge is 0.493 e. The number of rotatable bonds is 6. The Bertz CT molecular complexity index is 965. The summed E-state index contributed by atoms with van der Waals surface area (Å²) < 4.78 is 10.7. The van der Waals surface area contributed by atoms with Gasteiger partial charge in [-0.1, -0.05) is 18.2 Å². The van der Waals surface area contributed by atoms with Crippen molar-refractivity contribution in [2.45, 2.75) is 13.8 Å². The van der Waals surface area contributed by atoms with Crippen LogP contribution >= 0.6 is 0 Å². The monoisotopic (exact) mass is 364 g/mol. The zero-order valence-corrected chi connectivity index (χ0v) is 16.2. The summed E-state index contributed by atoms with van der Waals surface area (Å²) in [6.45, 7) is 5.30. The minimum absolute atomic E-state index is 0.0142. The minimum Gasteiger partial charge on any atom is -0.493 e. The normalized spacial score (nSPS) is 10.7. The second-order valence-electron chi connectivity index (χ2n) is 6.12. The standard InChI is InChI=1S/C22H24N2O3/c1-5-24(6-2)22(25)17-14-19(23-18-10-8-7-9-16(17)18)15-11-12-20(26-3)21(13-15)27-4/h7-14H,5-6H2,1-4H3. The van der Waals surface area contributed by atoms with Crippen molar-refractivity contribution in [2.24, 2.45) is 0 Å². The van der Waals surface area contributed by atoms with Crippen LogP contribution in [0.3, 0.4) is 0 Å². The summed E-state index contributed by atoms with van der Waals surface area (Å²) in [6.07, 6.45) is 0. The number of carbonyl (C=O) groups is 1. The number of hydrogen-bond acceptors (Lipinski definition) is 4. The molecule has 0 radical (unpaired) electrons. The van der Waals surface area contributed by atoms with E-state index in [9.17, 15) is 4.79 Å². The van der Waals surface area contributed by atoms with Crippen molar-refractivity contribution in [3.63, 3.8) is 0 Å². The summed E-state index contributed by atoms with van der Waals surface area (Å²) in [5.41, 5.74) is 3.05. The van der Waals surface area contributed by atoms with Gasteiger partial charge in [0.15, 0.2) is 11.5 Å². The van der Waals surface area contributed by atoms with Crippen molar-refractivity contribution in [3.05, 3.63) is 54.1 Å². The predicted molar refractivity (Wildman–Crippen MR) is 108 cm³/mol. The zero-order valence-electron chi connectivity index (χ0n) is 16.2. The van der Waals surface area contributed by atoms with Crippen LogP contribution in [0.4, 0.5) is 0 Å². The smallest absolute Gasteiger partial charge is 0.254 e. The van der Waals surface area contributed by atoms with Crippen LogP contribution in [0.15, 0.2) is 48.5 Å². The second kappa shape index (κ2) is 8.08. The van der Waals surface area contributed by atoms with Crippen LogP contribution in [0, 0.1) is 0 Å². The lowest BCUT2D eigenvalue weighted by Gasteiger charge is -2.20. The van der Waals surface area contributed by atoms with Gasteiger partial charge >= 0.3 is 0 Å². The molecule has 5 heteroatoms. The number of methoxy groups -OCH3 is 2. The Morgan fingerprint density at radius 2 is 1.67 bits per heavy atom. The Kier molecular flexibility index (Phi) is 5.60. The van der Waals surface area contributed by atoms with Gasteiger partial charge in [0, 0.05) is 24.0 Å². The number of aromatic nitrogens is 1. The number of para-hydroxylation sites is 1. The van der Waals surface area contributed by atoms with Gasteiger partial charge in [-0.15, -0.1) is 0 Å². The van der Waals surface area contributed by atoms with E-state index in [2.05, 4.69) is 0 Å². The van der Waals surface area contributed by atoms with Crippen LogP contribution in [0.2, 0.25) is 0 Å². The molecule has 1 amide bonds. The number of amides is 1. The number of benzene rings is 2. The summed E-state index contributed by atoms with van der Waals surface area (Å²) in [5, 5.41) is 0.860. The van der Waals surface area contributed by atoms with Gasteiger partial charge in [0.05, 0.1) is 31.0 Å². The van der Waals surface area contributed by atoms with E-state index in [4.69, 9.17) is 14.5 Å². The molecular formula is C22H24N2O3. The number of ether oxygens (including phenoxy) is 2. The highest BCUT2D eigenvalue weighted by molar-refractivity contribution is 6.07. The van der Waals surface area contributed by atoms with Crippen molar-refractivity contribution in [1.29, 1.82) is 0 Å². The van der Waals surface area contributed by atoms with Crippen LogP contribution in [-0.2, 0) is 0 Å². The van der Waals surface area contributed by atoms with E-state index in [1.165, 1.54) is 0 Å². The molecule has 1 aromatic heterocycles. The Labute approximate surface area is 159 Å². The van der Waals surface area contributed by atoms with E-state index < -0.39 is 0 Å². The van der Waals surface area contributed by atoms with E-state index >= 15 is 0 Å². The molecule has 27 heavy (non-hydrogen) atoms. The lowest BCUT2D eigenvalue weighted by atomic mass is 10.0. The number of fused-ring (bicyclic) bond motifs is 1. The van der Waals surface area contributed by atoms with E-state index in [0.29, 0.717) is 30.2 Å². The van der Waals surface area contributed by atoms with Crippen molar-refractivity contribution in [1.82, 2.24) is 9.88 Å². The quantitative estimate of drug-likeness (QED) is 0.650. The molecule has 0 saturated heterocycles. The van der Waals surface area contributed by atoms with E-state index in [1.54, 1.807) is 14.2 Å². The first kappa shape index (κ1) is 18.7. The van der Waals surface area contributed by atoms with Gasteiger partial charge in [-0.3, -0.25) is 4.79 Å². The molecule has 2 aromatic carbocycles. The number of nitrogens with zero attached hydrogens (tertiary/aromatic N) is 2. The molecule has 5 nitrogen and oxygen atoms in total. The van der Waals surface area contributed by atoms with Gasteiger partial charge in [0.1, 0.15) is 0 Å². The Balaban J connectivity index is 2.19. The fourth-order valence-electron chi connectivity index (χ4n) is 3.18. The van der Waals surface area contributed by atoms with Gasteiger partial charge in [-0.05, 0) is 44.2 Å². The fourth-order valence-corrected chi connectivity index (χ4v) is 3.18. The summed E-state index contributed by atoms with van der Waals surface area (Å²) in [5.74, 6) is 1.29. The van der Waals surface area contributed by atoms with Crippen LogP contribution in [0.1, 0.15) is 24.2 Å². The number of hydrogen-bond donors (Lipinski definition) is 0. The third kappa shape index (κ3) is 3.58. The highest BCUT2D eigenvalue weighted by Gasteiger charge is 2.18. The molecule has 3 aromatic rings. The zero-order chi connectivity index (χ0) is 19.4. The molecule has 0 aliphatic rings. The highest BCUT2D eigenvalue weighted by atomic mass is 16.5. The maximum atomic E-state index is 13.1. The first-order valence-electron chi connectivity index (χ1n) is 9.04. The van der Waals surface area contributed by atoms with Crippen molar-refractivity contribution < 1.29 is 14.3 Å². The van der Waals surface area contributed by atoms with Crippen LogP contribution in [0.25, 0.3) is 22.2 Å². The average molecular weight is 364 g/mol. The topological polar surface area (TPSA) is 51.7 Å².